The Hall–Kier alpha value is -2.35. The summed E-state index contributed by atoms with van der Waals surface area (Å²) in [6.45, 7) is 0.281. The normalized spacial score (nSPS) is 20.6. The molecule has 9 heteroatoms. The fourth-order valence-electron chi connectivity index (χ4n) is 3.14. The van der Waals surface area contributed by atoms with Crippen LogP contribution in [0.5, 0.6) is 0 Å². The van der Waals surface area contributed by atoms with E-state index >= 15 is 0 Å². The Bertz CT molecular complexity index is 828. The van der Waals surface area contributed by atoms with Crippen LogP contribution >= 0.6 is 11.6 Å². The number of halogens is 3. The number of rotatable bonds is 2. The third kappa shape index (κ3) is 3.39. The van der Waals surface area contributed by atoms with Crippen molar-refractivity contribution in [2.75, 3.05) is 13.7 Å². The monoisotopic (exact) mass is 372 g/mol. The van der Waals surface area contributed by atoms with Crippen LogP contribution in [0, 0.1) is 11.6 Å². The number of ether oxygens (including phenoxy) is 1. The van der Waals surface area contributed by atoms with Crippen molar-refractivity contribution in [2.24, 2.45) is 0 Å². The Morgan fingerprint density at radius 3 is 2.60 bits per heavy atom. The lowest BCUT2D eigenvalue weighted by molar-refractivity contribution is 0.0813. The third-order valence-electron chi connectivity index (χ3n) is 4.35. The zero-order chi connectivity index (χ0) is 18.1. The SMILES string of the molecule is COC(=O)N1CC[C@@H](c2cc(=O)[nH]o2)C[C@H]1c1cc(F)c(Cl)c(F)c1. The molecule has 0 aliphatic carbocycles. The minimum absolute atomic E-state index is 0.188. The number of amides is 1. The summed E-state index contributed by atoms with van der Waals surface area (Å²) < 4.78 is 37.6. The molecule has 0 unspecified atom stereocenters. The van der Waals surface area contributed by atoms with Gasteiger partial charge in [0.25, 0.3) is 5.56 Å². The van der Waals surface area contributed by atoms with Crippen LogP contribution in [-0.4, -0.2) is 29.8 Å². The van der Waals surface area contributed by atoms with Gasteiger partial charge in [-0.3, -0.25) is 4.79 Å². The Labute approximate surface area is 146 Å². The smallest absolute Gasteiger partial charge is 0.409 e. The Balaban J connectivity index is 1.97. The molecule has 2 heterocycles. The van der Waals surface area contributed by atoms with E-state index in [1.807, 2.05) is 0 Å². The number of carbonyl (C=O) groups is 1. The van der Waals surface area contributed by atoms with E-state index in [2.05, 4.69) is 5.16 Å². The van der Waals surface area contributed by atoms with Crippen molar-refractivity contribution in [3.05, 3.63) is 56.5 Å². The molecular weight excluding hydrogens is 358 g/mol. The first-order valence-corrected chi connectivity index (χ1v) is 7.96. The molecule has 0 radical (unpaired) electrons. The lowest BCUT2D eigenvalue weighted by atomic mass is 9.86. The van der Waals surface area contributed by atoms with Crippen LogP contribution in [0.25, 0.3) is 0 Å². The van der Waals surface area contributed by atoms with Gasteiger partial charge in [0, 0.05) is 18.5 Å². The van der Waals surface area contributed by atoms with Gasteiger partial charge in [0.1, 0.15) is 22.4 Å². The highest BCUT2D eigenvalue weighted by atomic mass is 35.5. The number of methoxy groups -OCH3 is 1. The number of H-pyrrole nitrogens is 1. The minimum atomic E-state index is -0.906. The van der Waals surface area contributed by atoms with Gasteiger partial charge >= 0.3 is 6.09 Å². The first-order valence-electron chi connectivity index (χ1n) is 7.58. The number of nitrogens with zero attached hydrogens (tertiary/aromatic N) is 1. The summed E-state index contributed by atoms with van der Waals surface area (Å²) in [6, 6.07) is 2.88. The number of piperidine rings is 1. The molecule has 0 bridgehead atoms. The van der Waals surface area contributed by atoms with E-state index in [9.17, 15) is 18.4 Å². The van der Waals surface area contributed by atoms with Gasteiger partial charge in [0.2, 0.25) is 0 Å². The van der Waals surface area contributed by atoms with E-state index in [0.717, 1.165) is 12.1 Å². The molecule has 1 amide bonds. The molecule has 1 aromatic heterocycles. The van der Waals surface area contributed by atoms with Crippen LogP contribution in [0.2, 0.25) is 5.02 Å². The maximum absolute atomic E-state index is 13.9. The van der Waals surface area contributed by atoms with E-state index < -0.39 is 28.8 Å². The fourth-order valence-corrected chi connectivity index (χ4v) is 3.25. The van der Waals surface area contributed by atoms with Crippen LogP contribution in [0.1, 0.15) is 36.1 Å². The first kappa shape index (κ1) is 17.5. The molecule has 2 aromatic rings. The molecule has 1 fully saturated rings. The molecule has 1 N–H and O–H groups in total. The number of hydrogen-bond acceptors (Lipinski definition) is 4. The third-order valence-corrected chi connectivity index (χ3v) is 4.71. The second-order valence-corrected chi connectivity index (χ2v) is 6.19. The molecule has 0 spiro atoms. The van der Waals surface area contributed by atoms with E-state index in [0.29, 0.717) is 18.6 Å². The summed E-state index contributed by atoms with van der Waals surface area (Å²) in [6.07, 6.45) is 0.233. The van der Waals surface area contributed by atoms with E-state index in [4.69, 9.17) is 20.9 Å². The number of likely N-dealkylation sites (tertiary alicyclic amines) is 1. The molecule has 1 aromatic carbocycles. The van der Waals surface area contributed by atoms with Crippen molar-refractivity contribution in [3.63, 3.8) is 0 Å². The highest BCUT2D eigenvalue weighted by molar-refractivity contribution is 6.30. The number of aromatic nitrogens is 1. The van der Waals surface area contributed by atoms with Crippen molar-refractivity contribution in [2.45, 2.75) is 24.8 Å². The van der Waals surface area contributed by atoms with Gasteiger partial charge in [0.05, 0.1) is 13.2 Å². The average Bonchev–Trinajstić information content (AvgIpc) is 3.04. The summed E-state index contributed by atoms with van der Waals surface area (Å²) in [5, 5.41) is 1.62. The maximum atomic E-state index is 13.9. The zero-order valence-corrected chi connectivity index (χ0v) is 14.0. The van der Waals surface area contributed by atoms with Gasteiger partial charge in [-0.2, -0.15) is 5.16 Å². The van der Waals surface area contributed by atoms with Crippen LogP contribution in [0.15, 0.2) is 27.5 Å². The standard InChI is InChI=1S/C16H15ClF2N2O4/c1-24-16(23)21-3-2-8(13-7-14(22)20-25-13)6-12(21)9-4-10(18)15(17)11(19)5-9/h4-5,7-8,12H,2-3,6H2,1H3,(H,20,22)/t8-,12+/m1/s1. The van der Waals surface area contributed by atoms with Crippen molar-refractivity contribution in [1.82, 2.24) is 10.1 Å². The predicted molar refractivity (Wildman–Crippen MR) is 84.5 cm³/mol. The number of hydrogen-bond donors (Lipinski definition) is 1. The minimum Gasteiger partial charge on any atom is -0.453 e. The topological polar surface area (TPSA) is 75.5 Å². The van der Waals surface area contributed by atoms with Gasteiger partial charge in [-0.15, -0.1) is 0 Å². The average molecular weight is 373 g/mol. The Morgan fingerprint density at radius 1 is 1.36 bits per heavy atom. The lowest BCUT2D eigenvalue weighted by Gasteiger charge is -2.38. The Morgan fingerprint density at radius 2 is 2.04 bits per heavy atom. The molecule has 0 saturated carbocycles. The first-order chi connectivity index (χ1) is 11.9. The Kier molecular flexibility index (Phi) is 4.80. The van der Waals surface area contributed by atoms with E-state index in [1.165, 1.54) is 18.1 Å². The van der Waals surface area contributed by atoms with Crippen LogP contribution in [0.3, 0.4) is 0 Å². The van der Waals surface area contributed by atoms with Crippen LogP contribution < -0.4 is 5.56 Å². The molecule has 1 aliphatic rings. The molecule has 1 aliphatic heterocycles. The molecule has 134 valence electrons. The molecule has 1 saturated heterocycles. The number of benzene rings is 1. The predicted octanol–water partition coefficient (Wildman–Crippen LogP) is 3.59. The molecule has 25 heavy (non-hydrogen) atoms. The zero-order valence-electron chi connectivity index (χ0n) is 13.2. The van der Waals surface area contributed by atoms with Crippen molar-refractivity contribution in [3.8, 4) is 0 Å². The summed E-state index contributed by atoms with van der Waals surface area (Å²) in [5.41, 5.74) is -0.113. The van der Waals surface area contributed by atoms with Gasteiger partial charge in [-0.25, -0.2) is 13.6 Å². The quantitative estimate of drug-likeness (QED) is 0.817. The van der Waals surface area contributed by atoms with Crippen molar-refractivity contribution in [1.29, 1.82) is 0 Å². The fraction of sp³-hybridized carbons (Fsp3) is 0.375. The lowest BCUT2D eigenvalue weighted by Crippen LogP contribution is -2.40. The van der Waals surface area contributed by atoms with Gasteiger partial charge in [-0.05, 0) is 30.5 Å². The van der Waals surface area contributed by atoms with Crippen LogP contribution in [-0.2, 0) is 4.74 Å². The van der Waals surface area contributed by atoms with Crippen molar-refractivity contribution < 1.29 is 22.8 Å². The molecule has 6 nitrogen and oxygen atoms in total. The second-order valence-electron chi connectivity index (χ2n) is 5.81. The number of aromatic amines is 1. The van der Waals surface area contributed by atoms with Gasteiger partial charge in [-0.1, -0.05) is 11.6 Å². The molecule has 2 atom stereocenters. The second kappa shape index (κ2) is 6.87. The van der Waals surface area contributed by atoms with Crippen molar-refractivity contribution >= 4 is 17.7 Å². The van der Waals surface area contributed by atoms with Crippen LogP contribution in [0.4, 0.5) is 13.6 Å². The molecule has 3 rings (SSSR count). The largest absolute Gasteiger partial charge is 0.453 e. The highest BCUT2D eigenvalue weighted by Gasteiger charge is 2.36. The highest BCUT2D eigenvalue weighted by Crippen LogP contribution is 2.40. The summed E-state index contributed by atoms with van der Waals surface area (Å²) >= 11 is 5.53. The summed E-state index contributed by atoms with van der Waals surface area (Å²) in [4.78, 5) is 24.7. The molecular formula is C16H15ClF2N2O4. The summed E-state index contributed by atoms with van der Waals surface area (Å²) in [5.74, 6) is -1.56. The summed E-state index contributed by atoms with van der Waals surface area (Å²) in [7, 11) is 1.24. The number of nitrogens with one attached hydrogen (secondary N) is 1. The van der Waals surface area contributed by atoms with Gasteiger partial charge in [0.15, 0.2) is 0 Å². The van der Waals surface area contributed by atoms with Gasteiger partial charge < -0.3 is 14.2 Å². The maximum Gasteiger partial charge on any atom is 0.409 e. The van der Waals surface area contributed by atoms with E-state index in [-0.39, 0.29) is 23.6 Å². The van der Waals surface area contributed by atoms with E-state index in [1.54, 1.807) is 0 Å². The number of carbonyl (C=O) groups excluding carboxylic acids is 1.